The molecular formula is C17H18F3N5O. The van der Waals surface area contributed by atoms with Crippen molar-refractivity contribution in [3.8, 4) is 0 Å². The number of alkyl halides is 3. The first-order chi connectivity index (χ1) is 12.4. The lowest BCUT2D eigenvalue weighted by Crippen LogP contribution is -2.33. The number of nitrogens with zero attached hydrogens (tertiary/aromatic N) is 3. The van der Waals surface area contributed by atoms with Crippen molar-refractivity contribution in [3.05, 3.63) is 24.8 Å². The number of imidazole rings is 1. The molecule has 0 bridgehead atoms. The molecule has 3 aromatic rings. The highest BCUT2D eigenvalue weighted by molar-refractivity contribution is 6.00. The van der Waals surface area contributed by atoms with Gasteiger partial charge in [0.05, 0.1) is 24.5 Å². The minimum Gasteiger partial charge on any atom is -0.353 e. The van der Waals surface area contributed by atoms with E-state index in [2.05, 4.69) is 24.8 Å². The Morgan fingerprint density at radius 2 is 2.19 bits per heavy atom. The van der Waals surface area contributed by atoms with Crippen molar-refractivity contribution in [2.24, 2.45) is 0 Å². The van der Waals surface area contributed by atoms with Gasteiger partial charge in [-0.1, -0.05) is 0 Å². The standard InChI is InChI=1S/C17H18F3N5O/c18-17(19,20)5-3-14(26)24-10-1-2-11(7-10)25-9-23-13-8-22-16-12(15(13)25)4-6-21-16/h4,6,8-11H,1-3,5,7H2,(H,21,22)(H,24,26). The lowest BCUT2D eigenvalue weighted by molar-refractivity contribution is -0.144. The molecule has 0 radical (unpaired) electrons. The molecule has 3 aromatic heterocycles. The molecule has 26 heavy (non-hydrogen) atoms. The highest BCUT2D eigenvalue weighted by Gasteiger charge is 2.31. The molecule has 1 fully saturated rings. The van der Waals surface area contributed by atoms with Crippen LogP contribution in [0.3, 0.4) is 0 Å². The summed E-state index contributed by atoms with van der Waals surface area (Å²) in [7, 11) is 0. The van der Waals surface area contributed by atoms with Crippen LogP contribution in [0.4, 0.5) is 13.2 Å². The zero-order valence-corrected chi connectivity index (χ0v) is 13.9. The first kappa shape index (κ1) is 16.9. The molecule has 2 N–H and O–H groups in total. The van der Waals surface area contributed by atoms with Gasteiger partial charge >= 0.3 is 6.18 Å². The van der Waals surface area contributed by atoms with Crippen LogP contribution in [0.1, 0.15) is 38.1 Å². The summed E-state index contributed by atoms with van der Waals surface area (Å²) in [5.41, 5.74) is 2.58. The van der Waals surface area contributed by atoms with Crippen LogP contribution in [0.2, 0.25) is 0 Å². The van der Waals surface area contributed by atoms with Crippen LogP contribution in [-0.4, -0.2) is 37.6 Å². The van der Waals surface area contributed by atoms with Crippen LogP contribution in [0, 0.1) is 0 Å². The van der Waals surface area contributed by atoms with Crippen molar-refractivity contribution >= 4 is 28.0 Å². The predicted molar refractivity (Wildman–Crippen MR) is 89.5 cm³/mol. The van der Waals surface area contributed by atoms with Crippen molar-refractivity contribution in [2.75, 3.05) is 0 Å². The molecule has 0 spiro atoms. The van der Waals surface area contributed by atoms with E-state index < -0.39 is 24.9 Å². The zero-order valence-electron chi connectivity index (χ0n) is 13.9. The van der Waals surface area contributed by atoms with Crippen LogP contribution in [0.5, 0.6) is 0 Å². The average Bonchev–Trinajstić information content (AvgIpc) is 3.29. The molecule has 6 nitrogen and oxygen atoms in total. The Morgan fingerprint density at radius 3 is 3.00 bits per heavy atom. The number of carbonyl (C=O) groups excluding carboxylic acids is 1. The molecule has 3 heterocycles. The van der Waals surface area contributed by atoms with Gasteiger partial charge in [0, 0.05) is 30.1 Å². The topological polar surface area (TPSA) is 75.6 Å². The minimum atomic E-state index is -4.30. The van der Waals surface area contributed by atoms with E-state index in [9.17, 15) is 18.0 Å². The number of nitrogens with one attached hydrogen (secondary N) is 2. The second-order valence-corrected chi connectivity index (χ2v) is 6.73. The van der Waals surface area contributed by atoms with Crippen LogP contribution >= 0.6 is 0 Å². The number of aromatic nitrogens is 4. The third kappa shape index (κ3) is 3.25. The minimum absolute atomic E-state index is 0.110. The van der Waals surface area contributed by atoms with Gasteiger partial charge in [0.1, 0.15) is 11.2 Å². The molecule has 1 saturated carbocycles. The van der Waals surface area contributed by atoms with Crippen molar-refractivity contribution in [1.29, 1.82) is 0 Å². The Labute approximate surface area is 146 Å². The van der Waals surface area contributed by atoms with Gasteiger partial charge in [0.25, 0.3) is 0 Å². The Bertz CT molecular complexity index is 945. The van der Waals surface area contributed by atoms with Crippen LogP contribution in [-0.2, 0) is 4.79 Å². The molecular weight excluding hydrogens is 347 g/mol. The fourth-order valence-corrected chi connectivity index (χ4v) is 3.70. The van der Waals surface area contributed by atoms with E-state index in [0.29, 0.717) is 6.42 Å². The number of hydrogen-bond donors (Lipinski definition) is 2. The number of amides is 1. The normalized spacial score (nSPS) is 20.9. The summed E-state index contributed by atoms with van der Waals surface area (Å²) in [5.74, 6) is -0.541. The molecule has 138 valence electrons. The van der Waals surface area contributed by atoms with E-state index in [-0.39, 0.29) is 12.1 Å². The van der Waals surface area contributed by atoms with Gasteiger partial charge < -0.3 is 14.9 Å². The maximum atomic E-state index is 12.2. The molecule has 0 saturated heterocycles. The molecule has 1 aliphatic carbocycles. The van der Waals surface area contributed by atoms with Crippen molar-refractivity contribution in [2.45, 2.75) is 50.4 Å². The van der Waals surface area contributed by atoms with Gasteiger partial charge in [-0.15, -0.1) is 0 Å². The van der Waals surface area contributed by atoms with Gasteiger partial charge in [-0.05, 0) is 25.3 Å². The van der Waals surface area contributed by atoms with Crippen LogP contribution < -0.4 is 5.32 Å². The Balaban J connectivity index is 1.47. The zero-order chi connectivity index (χ0) is 18.3. The summed E-state index contributed by atoms with van der Waals surface area (Å²) >= 11 is 0. The number of fused-ring (bicyclic) bond motifs is 3. The first-order valence-electron chi connectivity index (χ1n) is 8.55. The van der Waals surface area contributed by atoms with E-state index in [4.69, 9.17) is 0 Å². The number of hydrogen-bond acceptors (Lipinski definition) is 3. The van der Waals surface area contributed by atoms with Gasteiger partial charge in [-0.25, -0.2) is 9.97 Å². The first-order valence-corrected chi connectivity index (χ1v) is 8.55. The maximum Gasteiger partial charge on any atom is 0.389 e. The Hall–Kier alpha value is -2.58. The van der Waals surface area contributed by atoms with E-state index >= 15 is 0 Å². The van der Waals surface area contributed by atoms with Crippen LogP contribution in [0.15, 0.2) is 24.8 Å². The summed E-state index contributed by atoms with van der Waals surface area (Å²) in [4.78, 5) is 23.6. The van der Waals surface area contributed by atoms with Gasteiger partial charge in [0.15, 0.2) is 0 Å². The highest BCUT2D eigenvalue weighted by atomic mass is 19.4. The number of carbonyl (C=O) groups is 1. The molecule has 2 atom stereocenters. The van der Waals surface area contributed by atoms with E-state index in [1.54, 1.807) is 12.5 Å². The van der Waals surface area contributed by atoms with Crippen LogP contribution in [0.25, 0.3) is 22.1 Å². The molecule has 0 aliphatic heterocycles. The lowest BCUT2D eigenvalue weighted by atomic mass is 10.2. The molecule has 0 aromatic carbocycles. The van der Waals surface area contributed by atoms with Crippen molar-refractivity contribution < 1.29 is 18.0 Å². The lowest BCUT2D eigenvalue weighted by Gasteiger charge is -2.16. The highest BCUT2D eigenvalue weighted by Crippen LogP contribution is 2.34. The second-order valence-electron chi connectivity index (χ2n) is 6.73. The van der Waals surface area contributed by atoms with E-state index in [1.807, 2.05) is 12.3 Å². The summed E-state index contributed by atoms with van der Waals surface area (Å²) in [6.07, 6.45) is 1.67. The Morgan fingerprint density at radius 1 is 1.35 bits per heavy atom. The monoisotopic (exact) mass is 365 g/mol. The SMILES string of the molecule is O=C(CCC(F)(F)F)NC1CCC(n2cnc3cnc4[nH]ccc4c32)C1. The number of aromatic amines is 1. The third-order valence-electron chi connectivity index (χ3n) is 4.92. The largest absolute Gasteiger partial charge is 0.389 e. The summed E-state index contributed by atoms with van der Waals surface area (Å²) in [6.45, 7) is 0. The molecule has 2 unspecified atom stereocenters. The summed E-state index contributed by atoms with van der Waals surface area (Å²) in [6, 6.07) is 1.99. The quantitative estimate of drug-likeness (QED) is 0.743. The maximum absolute atomic E-state index is 12.2. The number of H-pyrrole nitrogens is 1. The third-order valence-corrected chi connectivity index (χ3v) is 4.92. The fraction of sp³-hybridized carbons (Fsp3) is 0.471. The van der Waals surface area contributed by atoms with Gasteiger partial charge in [-0.3, -0.25) is 4.79 Å². The Kier molecular flexibility index (Phi) is 4.08. The summed E-state index contributed by atoms with van der Waals surface area (Å²) < 4.78 is 38.8. The number of pyridine rings is 1. The van der Waals surface area contributed by atoms with E-state index in [1.165, 1.54) is 0 Å². The van der Waals surface area contributed by atoms with Gasteiger partial charge in [0.2, 0.25) is 5.91 Å². The molecule has 1 aliphatic rings. The molecule has 9 heteroatoms. The predicted octanol–water partition coefficient (Wildman–Crippen LogP) is 3.46. The summed E-state index contributed by atoms with van der Waals surface area (Å²) in [5, 5.41) is 3.72. The van der Waals surface area contributed by atoms with Crippen molar-refractivity contribution in [3.63, 3.8) is 0 Å². The second kappa shape index (κ2) is 6.30. The number of rotatable bonds is 4. The molecule has 4 rings (SSSR count). The smallest absolute Gasteiger partial charge is 0.353 e. The van der Waals surface area contributed by atoms with Gasteiger partial charge in [-0.2, -0.15) is 13.2 Å². The number of halogens is 3. The fourth-order valence-electron chi connectivity index (χ4n) is 3.70. The van der Waals surface area contributed by atoms with E-state index in [0.717, 1.165) is 34.9 Å². The van der Waals surface area contributed by atoms with Crippen molar-refractivity contribution in [1.82, 2.24) is 24.8 Å². The average molecular weight is 365 g/mol. The molecule has 1 amide bonds.